The lowest BCUT2D eigenvalue weighted by Crippen LogP contribution is -2.05. The van der Waals surface area contributed by atoms with Gasteiger partial charge in [-0.3, -0.25) is 0 Å². The highest BCUT2D eigenvalue weighted by Gasteiger charge is 2.10. The van der Waals surface area contributed by atoms with E-state index in [9.17, 15) is 0 Å². The molecule has 110 valence electrons. The number of aromatic nitrogens is 2. The molecule has 0 aliphatic rings. The minimum Gasteiger partial charge on any atom is -0.328 e. The van der Waals surface area contributed by atoms with Crippen molar-refractivity contribution >= 4 is 38.6 Å². The number of hydrogen-bond donors (Lipinski definition) is 0. The zero-order valence-electron chi connectivity index (χ0n) is 12.2. The molecule has 0 saturated carbocycles. The normalized spacial score (nSPS) is 11.7. The van der Waals surface area contributed by atoms with Crippen LogP contribution in [0.1, 0.15) is 38.9 Å². The molecule has 2 rings (SSSR count). The van der Waals surface area contributed by atoms with E-state index in [1.165, 1.54) is 24.8 Å². The van der Waals surface area contributed by atoms with Crippen LogP contribution < -0.4 is 0 Å². The lowest BCUT2D eigenvalue weighted by molar-refractivity contribution is 0.508. The number of unbranched alkanes of at least 4 members (excludes halogenated alkanes) is 1. The summed E-state index contributed by atoms with van der Waals surface area (Å²) >= 11 is 9.46. The van der Waals surface area contributed by atoms with Gasteiger partial charge in [0.1, 0.15) is 5.82 Å². The number of rotatable bonds is 7. The Balaban J connectivity index is 2.19. The first kappa shape index (κ1) is 15.8. The predicted molar refractivity (Wildman–Crippen MR) is 90.5 cm³/mol. The van der Waals surface area contributed by atoms with Crippen LogP contribution in [-0.4, -0.2) is 15.4 Å². The van der Waals surface area contributed by atoms with Gasteiger partial charge in [-0.05, 0) is 30.5 Å². The molecule has 0 radical (unpaired) electrons. The lowest BCUT2D eigenvalue weighted by Gasteiger charge is -2.09. The molecule has 0 bridgehead atoms. The summed E-state index contributed by atoms with van der Waals surface area (Å²) in [6, 6.07) is 6.27. The van der Waals surface area contributed by atoms with Gasteiger partial charge >= 0.3 is 0 Å². The summed E-state index contributed by atoms with van der Waals surface area (Å²) in [6.45, 7) is 5.59. The number of imidazole rings is 1. The molecule has 2 aromatic rings. The second kappa shape index (κ2) is 7.46. The van der Waals surface area contributed by atoms with Crippen LogP contribution in [0.5, 0.6) is 0 Å². The first-order valence-electron chi connectivity index (χ1n) is 7.32. The molecule has 4 heteroatoms. The summed E-state index contributed by atoms with van der Waals surface area (Å²) in [4.78, 5) is 4.72. The quantitative estimate of drug-likeness (QED) is 0.479. The van der Waals surface area contributed by atoms with Crippen LogP contribution in [0.25, 0.3) is 11.0 Å². The third-order valence-electron chi connectivity index (χ3n) is 3.52. The molecular weight excluding hydrogens is 336 g/mol. The van der Waals surface area contributed by atoms with Gasteiger partial charge in [0.2, 0.25) is 0 Å². The van der Waals surface area contributed by atoms with Gasteiger partial charge in [-0.15, -0.1) is 11.6 Å². The maximum absolute atomic E-state index is 5.91. The second-order valence-electron chi connectivity index (χ2n) is 5.64. The zero-order valence-corrected chi connectivity index (χ0v) is 14.5. The van der Waals surface area contributed by atoms with Gasteiger partial charge in [-0.1, -0.05) is 42.6 Å². The van der Waals surface area contributed by atoms with E-state index in [2.05, 4.69) is 46.5 Å². The molecule has 1 aromatic carbocycles. The Morgan fingerprint density at radius 2 is 2.10 bits per heavy atom. The molecule has 2 nitrogen and oxygen atoms in total. The van der Waals surface area contributed by atoms with Gasteiger partial charge < -0.3 is 4.57 Å². The average molecular weight is 358 g/mol. The maximum atomic E-state index is 5.91. The van der Waals surface area contributed by atoms with Crippen molar-refractivity contribution in [2.75, 3.05) is 5.88 Å². The molecule has 0 atom stereocenters. The van der Waals surface area contributed by atoms with Gasteiger partial charge in [-0.25, -0.2) is 4.98 Å². The van der Waals surface area contributed by atoms with Gasteiger partial charge in [0.05, 0.1) is 11.0 Å². The number of halogens is 2. The smallest absolute Gasteiger partial charge is 0.111 e. The van der Waals surface area contributed by atoms with E-state index >= 15 is 0 Å². The highest BCUT2D eigenvalue weighted by atomic mass is 79.9. The van der Waals surface area contributed by atoms with Crippen molar-refractivity contribution in [1.82, 2.24) is 9.55 Å². The Labute approximate surface area is 134 Å². The lowest BCUT2D eigenvalue weighted by atomic mass is 10.1. The Morgan fingerprint density at radius 3 is 2.80 bits per heavy atom. The van der Waals surface area contributed by atoms with Crippen LogP contribution in [0.2, 0.25) is 0 Å². The summed E-state index contributed by atoms with van der Waals surface area (Å²) in [7, 11) is 0. The SMILES string of the molecule is CC(C)CCCCn1c(CCCl)nc2ccc(Br)cc21. The van der Waals surface area contributed by atoms with Crippen molar-refractivity contribution in [1.29, 1.82) is 0 Å². The molecule has 20 heavy (non-hydrogen) atoms. The van der Waals surface area contributed by atoms with E-state index in [1.54, 1.807) is 0 Å². The van der Waals surface area contributed by atoms with Gasteiger partial charge in [0, 0.05) is 23.3 Å². The third-order valence-corrected chi connectivity index (χ3v) is 4.20. The van der Waals surface area contributed by atoms with Crippen molar-refractivity contribution < 1.29 is 0 Å². The summed E-state index contributed by atoms with van der Waals surface area (Å²) in [5.74, 6) is 2.51. The molecule has 0 aliphatic carbocycles. The van der Waals surface area contributed by atoms with Crippen LogP contribution in [0.3, 0.4) is 0 Å². The molecule has 0 saturated heterocycles. The minimum absolute atomic E-state index is 0.622. The molecular formula is C16H22BrClN2. The predicted octanol–water partition coefficient (Wildman–Crippen LogP) is 5.41. The molecule has 1 heterocycles. The minimum atomic E-state index is 0.622. The van der Waals surface area contributed by atoms with Crippen molar-refractivity contribution in [3.8, 4) is 0 Å². The number of nitrogens with zero attached hydrogens (tertiary/aromatic N) is 2. The first-order valence-corrected chi connectivity index (χ1v) is 8.65. The van der Waals surface area contributed by atoms with E-state index in [0.29, 0.717) is 5.88 Å². The average Bonchev–Trinajstić information content (AvgIpc) is 2.72. The summed E-state index contributed by atoms with van der Waals surface area (Å²) < 4.78 is 3.44. The van der Waals surface area contributed by atoms with E-state index in [0.717, 1.165) is 34.7 Å². The highest BCUT2D eigenvalue weighted by Crippen LogP contribution is 2.22. The number of alkyl halides is 1. The van der Waals surface area contributed by atoms with Crippen LogP contribution in [-0.2, 0) is 13.0 Å². The molecule has 0 fully saturated rings. The maximum Gasteiger partial charge on any atom is 0.111 e. The molecule has 0 aliphatic heterocycles. The molecule has 1 aromatic heterocycles. The van der Waals surface area contributed by atoms with E-state index in [4.69, 9.17) is 16.6 Å². The van der Waals surface area contributed by atoms with Crippen molar-refractivity contribution in [2.24, 2.45) is 5.92 Å². The van der Waals surface area contributed by atoms with Crippen molar-refractivity contribution in [2.45, 2.75) is 46.1 Å². The van der Waals surface area contributed by atoms with Gasteiger partial charge in [0.25, 0.3) is 0 Å². The zero-order chi connectivity index (χ0) is 14.5. The summed E-state index contributed by atoms with van der Waals surface area (Å²) in [5.41, 5.74) is 2.28. The fraction of sp³-hybridized carbons (Fsp3) is 0.562. The summed E-state index contributed by atoms with van der Waals surface area (Å²) in [5, 5.41) is 0. The van der Waals surface area contributed by atoms with Crippen molar-refractivity contribution in [3.63, 3.8) is 0 Å². The Hall–Kier alpha value is -0.540. The Kier molecular flexibility index (Phi) is 5.91. The standard InChI is InChI=1S/C16H22BrClN2/c1-12(2)5-3-4-10-20-15-11-13(17)6-7-14(15)19-16(20)8-9-18/h6-7,11-12H,3-5,8-10H2,1-2H3. The Bertz CT molecular complexity index is 563. The number of fused-ring (bicyclic) bond motifs is 1. The fourth-order valence-electron chi connectivity index (χ4n) is 2.49. The van der Waals surface area contributed by atoms with Crippen LogP contribution in [0.15, 0.2) is 22.7 Å². The number of aryl methyl sites for hydroxylation is 2. The largest absolute Gasteiger partial charge is 0.328 e. The summed E-state index contributed by atoms with van der Waals surface area (Å²) in [6.07, 6.45) is 4.59. The fourth-order valence-corrected chi connectivity index (χ4v) is 3.01. The Morgan fingerprint density at radius 1 is 1.30 bits per heavy atom. The highest BCUT2D eigenvalue weighted by molar-refractivity contribution is 9.10. The third kappa shape index (κ3) is 3.98. The molecule has 0 spiro atoms. The van der Waals surface area contributed by atoms with E-state index < -0.39 is 0 Å². The van der Waals surface area contributed by atoms with E-state index in [-0.39, 0.29) is 0 Å². The molecule has 0 N–H and O–H groups in total. The monoisotopic (exact) mass is 356 g/mol. The van der Waals surface area contributed by atoms with E-state index in [1.807, 2.05) is 6.07 Å². The molecule has 0 unspecified atom stereocenters. The van der Waals surface area contributed by atoms with Crippen LogP contribution in [0, 0.1) is 5.92 Å². The van der Waals surface area contributed by atoms with Gasteiger partial charge in [-0.2, -0.15) is 0 Å². The van der Waals surface area contributed by atoms with Crippen molar-refractivity contribution in [3.05, 3.63) is 28.5 Å². The number of benzene rings is 1. The van der Waals surface area contributed by atoms with Crippen LogP contribution >= 0.6 is 27.5 Å². The number of hydrogen-bond acceptors (Lipinski definition) is 1. The molecule has 0 amide bonds. The second-order valence-corrected chi connectivity index (χ2v) is 6.93. The first-order chi connectivity index (χ1) is 9.61. The van der Waals surface area contributed by atoms with Gasteiger partial charge in [0.15, 0.2) is 0 Å². The van der Waals surface area contributed by atoms with Crippen LogP contribution in [0.4, 0.5) is 0 Å². The topological polar surface area (TPSA) is 17.8 Å².